The Morgan fingerprint density at radius 1 is 1.05 bits per heavy atom. The van der Waals surface area contributed by atoms with Crippen LogP contribution in [0.5, 0.6) is 5.75 Å². The van der Waals surface area contributed by atoms with E-state index in [1.165, 1.54) is 12.1 Å². The summed E-state index contributed by atoms with van der Waals surface area (Å²) in [6, 6.07) is 16.5. The predicted molar refractivity (Wildman–Crippen MR) is 74.8 cm³/mol. The van der Waals surface area contributed by atoms with Crippen molar-refractivity contribution in [2.45, 2.75) is 12.5 Å². The fraction of sp³-hybridized carbons (Fsp3) is 0.250. The van der Waals surface area contributed by atoms with E-state index in [0.717, 1.165) is 17.7 Å². The van der Waals surface area contributed by atoms with Gasteiger partial charge < -0.3 is 10.1 Å². The van der Waals surface area contributed by atoms with E-state index in [2.05, 4.69) is 5.32 Å². The van der Waals surface area contributed by atoms with Crippen LogP contribution < -0.4 is 10.1 Å². The van der Waals surface area contributed by atoms with Gasteiger partial charge in [-0.1, -0.05) is 30.3 Å². The van der Waals surface area contributed by atoms with Gasteiger partial charge in [0.15, 0.2) is 0 Å². The number of hydrogen-bond acceptors (Lipinski definition) is 2. The Kier molecular flexibility index (Phi) is 4.93. The van der Waals surface area contributed by atoms with E-state index in [0.29, 0.717) is 6.61 Å². The van der Waals surface area contributed by atoms with Gasteiger partial charge in [0.2, 0.25) is 0 Å². The van der Waals surface area contributed by atoms with Crippen LogP contribution in [0.1, 0.15) is 18.0 Å². The second-order valence-corrected chi connectivity index (χ2v) is 4.34. The molecule has 2 aromatic rings. The molecule has 0 aliphatic heterocycles. The van der Waals surface area contributed by atoms with Crippen LogP contribution in [0.15, 0.2) is 54.6 Å². The molecule has 1 unspecified atom stereocenters. The first-order valence-corrected chi connectivity index (χ1v) is 6.40. The quantitative estimate of drug-likeness (QED) is 0.856. The summed E-state index contributed by atoms with van der Waals surface area (Å²) >= 11 is 0. The SMILES string of the molecule is CNC(CCOc1ccccc1)c1ccc(F)cc1. The fourth-order valence-corrected chi connectivity index (χ4v) is 1.98. The first-order chi connectivity index (χ1) is 9.29. The lowest BCUT2D eigenvalue weighted by atomic mass is 10.0. The maximum absolute atomic E-state index is 12.9. The van der Waals surface area contributed by atoms with Crippen molar-refractivity contribution in [2.24, 2.45) is 0 Å². The van der Waals surface area contributed by atoms with Crippen molar-refractivity contribution in [2.75, 3.05) is 13.7 Å². The molecular formula is C16H18FNO. The highest BCUT2D eigenvalue weighted by Gasteiger charge is 2.09. The van der Waals surface area contributed by atoms with Crippen LogP contribution in [0.3, 0.4) is 0 Å². The number of hydrogen-bond donors (Lipinski definition) is 1. The predicted octanol–water partition coefficient (Wildman–Crippen LogP) is 3.56. The Morgan fingerprint density at radius 3 is 2.37 bits per heavy atom. The topological polar surface area (TPSA) is 21.3 Å². The molecule has 0 heterocycles. The third-order valence-corrected chi connectivity index (χ3v) is 3.04. The lowest BCUT2D eigenvalue weighted by Gasteiger charge is -2.17. The minimum atomic E-state index is -0.209. The Labute approximate surface area is 113 Å². The van der Waals surface area contributed by atoms with Gasteiger partial charge in [0.1, 0.15) is 11.6 Å². The van der Waals surface area contributed by atoms with Crippen LogP contribution in [0, 0.1) is 5.82 Å². The minimum Gasteiger partial charge on any atom is -0.494 e. The average molecular weight is 259 g/mol. The van der Waals surface area contributed by atoms with Crippen LogP contribution in [0.4, 0.5) is 4.39 Å². The van der Waals surface area contributed by atoms with Crippen molar-refractivity contribution in [1.29, 1.82) is 0 Å². The van der Waals surface area contributed by atoms with Crippen molar-refractivity contribution >= 4 is 0 Å². The molecule has 0 amide bonds. The van der Waals surface area contributed by atoms with Gasteiger partial charge in [-0.25, -0.2) is 4.39 Å². The molecule has 1 atom stereocenters. The fourth-order valence-electron chi connectivity index (χ4n) is 1.98. The van der Waals surface area contributed by atoms with Crippen molar-refractivity contribution in [3.05, 3.63) is 66.0 Å². The van der Waals surface area contributed by atoms with Gasteiger partial charge in [-0.05, 0) is 36.9 Å². The number of para-hydroxylation sites is 1. The number of halogens is 1. The van der Waals surface area contributed by atoms with Crippen LogP contribution >= 0.6 is 0 Å². The van der Waals surface area contributed by atoms with Crippen molar-refractivity contribution in [3.63, 3.8) is 0 Å². The summed E-state index contributed by atoms with van der Waals surface area (Å²) in [5, 5.41) is 3.22. The molecule has 2 aromatic carbocycles. The monoisotopic (exact) mass is 259 g/mol. The van der Waals surface area contributed by atoms with Crippen molar-refractivity contribution in [1.82, 2.24) is 5.32 Å². The van der Waals surface area contributed by atoms with Gasteiger partial charge in [0.05, 0.1) is 6.61 Å². The molecule has 100 valence electrons. The highest BCUT2D eigenvalue weighted by atomic mass is 19.1. The highest BCUT2D eigenvalue weighted by Crippen LogP contribution is 2.18. The average Bonchev–Trinajstić information content (AvgIpc) is 2.46. The van der Waals surface area contributed by atoms with E-state index in [1.54, 1.807) is 12.1 Å². The first kappa shape index (κ1) is 13.6. The summed E-state index contributed by atoms with van der Waals surface area (Å²) in [6.45, 7) is 0.618. The second kappa shape index (κ2) is 6.90. The van der Waals surface area contributed by atoms with Gasteiger partial charge >= 0.3 is 0 Å². The molecule has 0 spiro atoms. The van der Waals surface area contributed by atoms with E-state index >= 15 is 0 Å². The summed E-state index contributed by atoms with van der Waals surface area (Å²) in [5.74, 6) is 0.663. The second-order valence-electron chi connectivity index (χ2n) is 4.34. The van der Waals surface area contributed by atoms with Gasteiger partial charge in [0.25, 0.3) is 0 Å². The largest absolute Gasteiger partial charge is 0.494 e. The van der Waals surface area contributed by atoms with Crippen LogP contribution in [0.2, 0.25) is 0 Å². The highest BCUT2D eigenvalue weighted by molar-refractivity contribution is 5.22. The van der Waals surface area contributed by atoms with E-state index in [1.807, 2.05) is 37.4 Å². The third kappa shape index (κ3) is 4.07. The first-order valence-electron chi connectivity index (χ1n) is 6.40. The van der Waals surface area contributed by atoms with E-state index < -0.39 is 0 Å². The van der Waals surface area contributed by atoms with Crippen molar-refractivity contribution in [3.8, 4) is 5.75 Å². The number of benzene rings is 2. The molecular weight excluding hydrogens is 241 g/mol. The zero-order valence-corrected chi connectivity index (χ0v) is 11.0. The summed E-state index contributed by atoms with van der Waals surface area (Å²) in [7, 11) is 1.90. The van der Waals surface area contributed by atoms with E-state index in [-0.39, 0.29) is 11.9 Å². The van der Waals surface area contributed by atoms with Gasteiger partial charge in [-0.3, -0.25) is 0 Å². The van der Waals surface area contributed by atoms with E-state index in [9.17, 15) is 4.39 Å². The molecule has 0 radical (unpaired) electrons. The standard InChI is InChI=1S/C16H18FNO/c1-18-16(13-7-9-14(17)10-8-13)11-12-19-15-5-3-2-4-6-15/h2-10,16,18H,11-12H2,1H3. The Bertz CT molecular complexity index is 484. The minimum absolute atomic E-state index is 0.171. The number of ether oxygens (including phenoxy) is 1. The molecule has 0 saturated carbocycles. The molecule has 0 bridgehead atoms. The lowest BCUT2D eigenvalue weighted by molar-refractivity contribution is 0.290. The van der Waals surface area contributed by atoms with Gasteiger partial charge in [-0.15, -0.1) is 0 Å². The lowest BCUT2D eigenvalue weighted by Crippen LogP contribution is -2.19. The third-order valence-electron chi connectivity index (χ3n) is 3.04. The summed E-state index contributed by atoms with van der Waals surface area (Å²) in [4.78, 5) is 0. The van der Waals surface area contributed by atoms with Gasteiger partial charge in [0, 0.05) is 12.5 Å². The smallest absolute Gasteiger partial charge is 0.123 e. The Morgan fingerprint density at radius 2 is 1.74 bits per heavy atom. The number of rotatable bonds is 6. The summed E-state index contributed by atoms with van der Waals surface area (Å²) in [6.07, 6.45) is 0.830. The zero-order valence-electron chi connectivity index (χ0n) is 11.0. The van der Waals surface area contributed by atoms with Crippen LogP contribution in [0.25, 0.3) is 0 Å². The number of nitrogens with one attached hydrogen (secondary N) is 1. The summed E-state index contributed by atoms with van der Waals surface area (Å²) in [5.41, 5.74) is 1.07. The molecule has 0 aliphatic rings. The molecule has 1 N–H and O–H groups in total. The molecule has 19 heavy (non-hydrogen) atoms. The molecule has 0 saturated heterocycles. The molecule has 0 fully saturated rings. The molecule has 0 aromatic heterocycles. The Hall–Kier alpha value is -1.87. The van der Waals surface area contributed by atoms with E-state index in [4.69, 9.17) is 4.74 Å². The molecule has 3 heteroatoms. The maximum atomic E-state index is 12.9. The Balaban J connectivity index is 1.87. The van der Waals surface area contributed by atoms with Gasteiger partial charge in [-0.2, -0.15) is 0 Å². The maximum Gasteiger partial charge on any atom is 0.123 e. The van der Waals surface area contributed by atoms with Crippen molar-refractivity contribution < 1.29 is 9.13 Å². The normalized spacial score (nSPS) is 12.1. The zero-order chi connectivity index (χ0) is 13.5. The molecule has 2 rings (SSSR count). The van der Waals surface area contributed by atoms with Crippen LogP contribution in [-0.2, 0) is 0 Å². The molecule has 2 nitrogen and oxygen atoms in total. The summed E-state index contributed by atoms with van der Waals surface area (Å²) < 4.78 is 18.6. The molecule has 0 aliphatic carbocycles. The van der Waals surface area contributed by atoms with Crippen LogP contribution in [-0.4, -0.2) is 13.7 Å².